The number of carboxylic acid groups (broad SMARTS) is 1. The summed E-state index contributed by atoms with van der Waals surface area (Å²) >= 11 is 0. The predicted octanol–water partition coefficient (Wildman–Crippen LogP) is 1.06. The molecular formula is C12H11N5O3. The second-order valence-corrected chi connectivity index (χ2v) is 4.12. The molecule has 8 nitrogen and oxygen atoms in total. The molecule has 3 heterocycles. The standard InChI is InChI=1S/C12H11N5O3/c13-16-10-8-5-15-17(6-7-2-1-3-20-7)11(8)14-4-9(10)12(18)19/h1-5H,6,13H2,(H,14,16)(H,18,19). The van der Waals surface area contributed by atoms with Crippen molar-refractivity contribution in [2.75, 3.05) is 5.43 Å². The van der Waals surface area contributed by atoms with Crippen LogP contribution >= 0.6 is 0 Å². The lowest BCUT2D eigenvalue weighted by Crippen LogP contribution is -2.13. The number of hydrogen-bond donors (Lipinski definition) is 3. The number of furan rings is 1. The minimum absolute atomic E-state index is 0.00227. The van der Waals surface area contributed by atoms with Crippen LogP contribution in [0.1, 0.15) is 16.1 Å². The van der Waals surface area contributed by atoms with Gasteiger partial charge in [0.2, 0.25) is 0 Å². The number of aromatic nitrogens is 3. The van der Waals surface area contributed by atoms with Crippen molar-refractivity contribution >= 4 is 22.7 Å². The first-order valence-corrected chi connectivity index (χ1v) is 5.77. The Labute approximate surface area is 112 Å². The van der Waals surface area contributed by atoms with Crippen molar-refractivity contribution in [1.82, 2.24) is 14.8 Å². The molecule has 0 bridgehead atoms. The van der Waals surface area contributed by atoms with E-state index in [9.17, 15) is 4.79 Å². The highest BCUT2D eigenvalue weighted by Crippen LogP contribution is 2.25. The highest BCUT2D eigenvalue weighted by molar-refractivity contribution is 6.03. The van der Waals surface area contributed by atoms with Crippen LogP contribution in [-0.2, 0) is 6.54 Å². The molecule has 0 aromatic carbocycles. The first-order chi connectivity index (χ1) is 9.70. The maximum Gasteiger partial charge on any atom is 0.339 e. The van der Waals surface area contributed by atoms with E-state index in [0.717, 1.165) is 5.76 Å². The number of nitrogens with two attached hydrogens (primary N) is 1. The topological polar surface area (TPSA) is 119 Å². The molecular weight excluding hydrogens is 262 g/mol. The molecule has 3 aromatic heterocycles. The zero-order valence-electron chi connectivity index (χ0n) is 10.3. The average molecular weight is 273 g/mol. The molecule has 3 aromatic rings. The van der Waals surface area contributed by atoms with Gasteiger partial charge in [-0.1, -0.05) is 0 Å². The van der Waals surface area contributed by atoms with Crippen LogP contribution in [-0.4, -0.2) is 25.8 Å². The molecule has 0 amide bonds. The number of hydrogen-bond acceptors (Lipinski definition) is 6. The molecule has 0 saturated carbocycles. The maximum absolute atomic E-state index is 11.1. The van der Waals surface area contributed by atoms with Crippen molar-refractivity contribution < 1.29 is 14.3 Å². The normalized spacial score (nSPS) is 10.8. The van der Waals surface area contributed by atoms with E-state index in [1.165, 1.54) is 12.4 Å². The molecule has 20 heavy (non-hydrogen) atoms. The number of hydrazine groups is 1. The van der Waals surface area contributed by atoms with E-state index < -0.39 is 5.97 Å². The lowest BCUT2D eigenvalue weighted by molar-refractivity contribution is 0.0697. The van der Waals surface area contributed by atoms with Gasteiger partial charge in [-0.05, 0) is 12.1 Å². The Morgan fingerprint density at radius 3 is 3.00 bits per heavy atom. The van der Waals surface area contributed by atoms with Gasteiger partial charge in [0.05, 0.1) is 23.5 Å². The van der Waals surface area contributed by atoms with Gasteiger partial charge in [-0.15, -0.1) is 0 Å². The van der Waals surface area contributed by atoms with E-state index in [0.29, 0.717) is 17.6 Å². The Hall–Kier alpha value is -2.87. The highest BCUT2D eigenvalue weighted by Gasteiger charge is 2.17. The molecule has 4 N–H and O–H groups in total. The summed E-state index contributed by atoms with van der Waals surface area (Å²) < 4.78 is 6.86. The van der Waals surface area contributed by atoms with Crippen molar-refractivity contribution in [2.24, 2.45) is 5.84 Å². The Balaban J connectivity index is 2.11. The summed E-state index contributed by atoms with van der Waals surface area (Å²) in [5, 5.41) is 13.8. The second kappa shape index (κ2) is 4.67. The number of nitrogen functional groups attached to an aromatic ring is 1. The number of pyridine rings is 1. The third kappa shape index (κ3) is 1.88. The van der Waals surface area contributed by atoms with Crippen LogP contribution < -0.4 is 11.3 Å². The van der Waals surface area contributed by atoms with Gasteiger partial charge in [-0.3, -0.25) is 5.84 Å². The van der Waals surface area contributed by atoms with Crippen LogP contribution in [0.3, 0.4) is 0 Å². The number of fused-ring (bicyclic) bond motifs is 1. The van der Waals surface area contributed by atoms with Gasteiger partial charge >= 0.3 is 5.97 Å². The molecule has 102 valence electrons. The molecule has 0 fully saturated rings. The zero-order chi connectivity index (χ0) is 14.1. The summed E-state index contributed by atoms with van der Waals surface area (Å²) in [6.07, 6.45) is 4.34. The number of aromatic carboxylic acids is 1. The van der Waals surface area contributed by atoms with Crippen LogP contribution in [0, 0.1) is 0 Å². The fourth-order valence-corrected chi connectivity index (χ4v) is 2.01. The van der Waals surface area contributed by atoms with Gasteiger partial charge in [-0.25, -0.2) is 14.5 Å². The molecule has 8 heteroatoms. The van der Waals surface area contributed by atoms with Crippen molar-refractivity contribution in [3.8, 4) is 0 Å². The van der Waals surface area contributed by atoms with Crippen LogP contribution in [0.15, 0.2) is 35.2 Å². The van der Waals surface area contributed by atoms with Crippen LogP contribution in [0.5, 0.6) is 0 Å². The van der Waals surface area contributed by atoms with E-state index in [4.69, 9.17) is 15.4 Å². The van der Waals surface area contributed by atoms with Crippen molar-refractivity contribution in [1.29, 1.82) is 0 Å². The largest absolute Gasteiger partial charge is 0.478 e. The third-order valence-electron chi connectivity index (χ3n) is 2.93. The molecule has 0 aliphatic heterocycles. The Bertz CT molecular complexity index is 763. The third-order valence-corrected chi connectivity index (χ3v) is 2.93. The smallest absolute Gasteiger partial charge is 0.339 e. The minimum Gasteiger partial charge on any atom is -0.478 e. The minimum atomic E-state index is -1.11. The van der Waals surface area contributed by atoms with Crippen molar-refractivity contribution in [3.05, 3.63) is 42.1 Å². The van der Waals surface area contributed by atoms with Gasteiger partial charge in [0, 0.05) is 6.20 Å². The van der Waals surface area contributed by atoms with Gasteiger partial charge in [0.25, 0.3) is 0 Å². The summed E-state index contributed by atoms with van der Waals surface area (Å²) in [5.74, 6) is 5.02. The van der Waals surface area contributed by atoms with Gasteiger partial charge in [0.15, 0.2) is 5.65 Å². The van der Waals surface area contributed by atoms with E-state index in [1.54, 1.807) is 17.0 Å². The Morgan fingerprint density at radius 2 is 2.35 bits per heavy atom. The average Bonchev–Trinajstić information content (AvgIpc) is 3.08. The summed E-state index contributed by atoms with van der Waals surface area (Å²) in [5.41, 5.74) is 3.20. The monoisotopic (exact) mass is 273 g/mol. The number of anilines is 1. The summed E-state index contributed by atoms with van der Waals surface area (Å²) in [4.78, 5) is 15.2. The van der Waals surface area contributed by atoms with E-state index in [2.05, 4.69) is 15.5 Å². The molecule has 0 unspecified atom stereocenters. The van der Waals surface area contributed by atoms with Crippen LogP contribution in [0.4, 0.5) is 5.69 Å². The van der Waals surface area contributed by atoms with Crippen LogP contribution in [0.2, 0.25) is 0 Å². The molecule has 0 radical (unpaired) electrons. The van der Waals surface area contributed by atoms with Crippen molar-refractivity contribution in [3.63, 3.8) is 0 Å². The Morgan fingerprint density at radius 1 is 1.50 bits per heavy atom. The zero-order valence-corrected chi connectivity index (χ0v) is 10.3. The highest BCUT2D eigenvalue weighted by atomic mass is 16.4. The molecule has 0 aliphatic carbocycles. The van der Waals surface area contributed by atoms with Gasteiger partial charge in [-0.2, -0.15) is 5.10 Å². The molecule has 0 spiro atoms. The SMILES string of the molecule is NNc1c(C(=O)O)cnc2c1cnn2Cc1ccco1. The molecule has 3 rings (SSSR count). The fourth-order valence-electron chi connectivity index (χ4n) is 2.01. The number of nitrogens with one attached hydrogen (secondary N) is 1. The number of carbonyl (C=O) groups is 1. The number of carboxylic acids is 1. The molecule has 0 atom stereocenters. The lowest BCUT2D eigenvalue weighted by atomic mass is 10.2. The number of rotatable bonds is 4. The lowest BCUT2D eigenvalue weighted by Gasteiger charge is -2.06. The van der Waals surface area contributed by atoms with E-state index in [1.807, 2.05) is 6.07 Å². The maximum atomic E-state index is 11.1. The quantitative estimate of drug-likeness (QED) is 0.480. The number of nitrogens with zero attached hydrogens (tertiary/aromatic N) is 3. The van der Waals surface area contributed by atoms with Crippen LogP contribution in [0.25, 0.3) is 11.0 Å². The molecule has 0 aliphatic rings. The fraction of sp³-hybridized carbons (Fsp3) is 0.0833. The van der Waals surface area contributed by atoms with E-state index >= 15 is 0 Å². The van der Waals surface area contributed by atoms with E-state index in [-0.39, 0.29) is 11.3 Å². The summed E-state index contributed by atoms with van der Waals surface area (Å²) in [6, 6.07) is 3.60. The summed E-state index contributed by atoms with van der Waals surface area (Å²) in [6.45, 7) is 0.403. The molecule has 0 saturated heterocycles. The first kappa shape index (κ1) is 12.2. The first-order valence-electron chi connectivity index (χ1n) is 5.77. The van der Waals surface area contributed by atoms with Gasteiger partial charge < -0.3 is 14.9 Å². The Kier molecular flexibility index (Phi) is 2.84. The summed E-state index contributed by atoms with van der Waals surface area (Å²) in [7, 11) is 0. The van der Waals surface area contributed by atoms with Gasteiger partial charge in [0.1, 0.15) is 17.9 Å². The predicted molar refractivity (Wildman–Crippen MR) is 70.1 cm³/mol. The second-order valence-electron chi connectivity index (χ2n) is 4.12. The van der Waals surface area contributed by atoms with Crippen molar-refractivity contribution in [2.45, 2.75) is 6.54 Å².